The van der Waals surface area contributed by atoms with Gasteiger partial charge in [0.2, 0.25) is 5.88 Å². The number of ether oxygens (including phenoxy) is 2. The van der Waals surface area contributed by atoms with Crippen molar-refractivity contribution < 1.29 is 14.3 Å². The molecule has 0 spiro atoms. The molecule has 3 aromatic rings. The van der Waals surface area contributed by atoms with Gasteiger partial charge in [-0.3, -0.25) is 9.69 Å². The van der Waals surface area contributed by atoms with Crippen LogP contribution in [0.25, 0.3) is 11.3 Å². The highest BCUT2D eigenvalue weighted by Gasteiger charge is 2.22. The van der Waals surface area contributed by atoms with E-state index in [1.54, 1.807) is 12.3 Å². The van der Waals surface area contributed by atoms with Gasteiger partial charge in [-0.25, -0.2) is 9.97 Å². The number of methoxy groups -OCH3 is 1. The van der Waals surface area contributed by atoms with Gasteiger partial charge in [-0.2, -0.15) is 0 Å². The molecule has 1 fully saturated rings. The second-order valence-corrected chi connectivity index (χ2v) is 9.96. The van der Waals surface area contributed by atoms with Crippen LogP contribution in [0.1, 0.15) is 24.8 Å². The maximum atomic E-state index is 11.6. The van der Waals surface area contributed by atoms with E-state index in [1.807, 2.05) is 36.4 Å². The second-order valence-electron chi connectivity index (χ2n) is 8.28. The molecule has 1 aromatic carbocycles. The zero-order valence-electron chi connectivity index (χ0n) is 18.6. The lowest BCUT2D eigenvalue weighted by atomic mass is 9.93. The number of benzene rings is 1. The summed E-state index contributed by atoms with van der Waals surface area (Å²) >= 11 is 15.8. The quantitative estimate of drug-likeness (QED) is 0.233. The summed E-state index contributed by atoms with van der Waals surface area (Å²) < 4.78 is 11.6. The van der Waals surface area contributed by atoms with Gasteiger partial charge >= 0.3 is 5.97 Å². The number of carbonyl (C=O) groups is 1. The average Bonchev–Trinajstić information content (AvgIpc) is 2.81. The van der Waals surface area contributed by atoms with Gasteiger partial charge in [0, 0.05) is 34.6 Å². The Morgan fingerprint density at radius 3 is 2.50 bits per heavy atom. The molecular weight excluding hydrogens is 541 g/mol. The Bertz CT molecular complexity index is 1130. The SMILES string of the molecule is COC(=O)CC1CCN(Cc2cc(Oc3ccc(Br)nc3)nc(-c3cc(Cl)cc(Cl)c3)c2)CC1. The molecule has 6 nitrogen and oxygen atoms in total. The highest BCUT2D eigenvalue weighted by molar-refractivity contribution is 9.10. The fraction of sp³-hybridized carbons (Fsp3) is 0.320. The third-order valence-electron chi connectivity index (χ3n) is 5.74. The summed E-state index contributed by atoms with van der Waals surface area (Å²) in [5.41, 5.74) is 2.60. The lowest BCUT2D eigenvalue weighted by molar-refractivity contribution is -0.142. The normalized spacial score (nSPS) is 14.7. The molecular formula is C25H24BrCl2N3O3. The lowest BCUT2D eigenvalue weighted by Crippen LogP contribution is -2.34. The van der Waals surface area contributed by atoms with E-state index >= 15 is 0 Å². The molecule has 9 heteroatoms. The van der Waals surface area contributed by atoms with E-state index < -0.39 is 0 Å². The third-order valence-corrected chi connectivity index (χ3v) is 6.64. The van der Waals surface area contributed by atoms with Gasteiger partial charge in [0.15, 0.2) is 0 Å². The summed E-state index contributed by atoms with van der Waals surface area (Å²) in [6, 6.07) is 13.0. The maximum Gasteiger partial charge on any atom is 0.305 e. The van der Waals surface area contributed by atoms with E-state index in [-0.39, 0.29) is 5.97 Å². The van der Waals surface area contributed by atoms with Crippen molar-refractivity contribution >= 4 is 45.1 Å². The monoisotopic (exact) mass is 563 g/mol. The standard InChI is InChI=1S/C25H24BrCl2N3O3/c1-33-25(32)10-16-4-6-31(7-5-16)15-17-8-22(18-11-19(27)13-20(28)12-18)30-24(9-17)34-21-2-3-23(26)29-14-21/h2-3,8-9,11-14,16H,4-7,10,15H2,1H3. The first kappa shape index (κ1) is 24.9. The smallest absolute Gasteiger partial charge is 0.305 e. The van der Waals surface area contributed by atoms with Crippen LogP contribution in [0.5, 0.6) is 11.6 Å². The van der Waals surface area contributed by atoms with Gasteiger partial charge in [0.05, 0.1) is 19.0 Å². The van der Waals surface area contributed by atoms with Crippen LogP contribution in [-0.2, 0) is 16.1 Å². The minimum atomic E-state index is -0.137. The first-order valence-electron chi connectivity index (χ1n) is 10.9. The molecule has 3 heterocycles. The van der Waals surface area contributed by atoms with Gasteiger partial charge in [0.1, 0.15) is 10.4 Å². The van der Waals surface area contributed by atoms with Gasteiger partial charge in [0.25, 0.3) is 0 Å². The number of pyridine rings is 2. The van der Waals surface area contributed by atoms with Gasteiger partial charge in [-0.15, -0.1) is 0 Å². The molecule has 4 rings (SSSR count). The Kier molecular flexibility index (Phi) is 8.42. The second kappa shape index (κ2) is 11.5. The summed E-state index contributed by atoms with van der Waals surface area (Å²) in [5, 5.41) is 1.09. The molecule has 178 valence electrons. The van der Waals surface area contributed by atoms with Crippen molar-refractivity contribution in [2.24, 2.45) is 5.92 Å². The van der Waals surface area contributed by atoms with Crippen molar-refractivity contribution in [3.8, 4) is 22.9 Å². The molecule has 0 radical (unpaired) electrons. The van der Waals surface area contributed by atoms with Crippen molar-refractivity contribution in [1.29, 1.82) is 0 Å². The van der Waals surface area contributed by atoms with Crippen LogP contribution in [0.15, 0.2) is 53.3 Å². The minimum absolute atomic E-state index is 0.137. The molecule has 34 heavy (non-hydrogen) atoms. The third kappa shape index (κ3) is 6.92. The van der Waals surface area contributed by atoms with Crippen LogP contribution in [0.2, 0.25) is 10.0 Å². The molecule has 1 aliphatic rings. The molecule has 0 aliphatic carbocycles. The van der Waals surface area contributed by atoms with Crippen LogP contribution in [0, 0.1) is 5.92 Å². The van der Waals surface area contributed by atoms with Crippen molar-refractivity contribution in [2.75, 3.05) is 20.2 Å². The van der Waals surface area contributed by atoms with Gasteiger partial charge < -0.3 is 9.47 Å². The summed E-state index contributed by atoms with van der Waals surface area (Å²) in [6.45, 7) is 2.56. The maximum absolute atomic E-state index is 11.6. The van der Waals surface area contributed by atoms with E-state index in [0.29, 0.717) is 34.0 Å². The topological polar surface area (TPSA) is 64.5 Å². The molecule has 0 amide bonds. The van der Waals surface area contributed by atoms with Gasteiger partial charge in [-0.1, -0.05) is 23.2 Å². The van der Waals surface area contributed by atoms with Gasteiger partial charge in [-0.05, 0) is 89.7 Å². The number of piperidine rings is 1. The number of rotatable bonds is 7. The van der Waals surface area contributed by atoms with Crippen molar-refractivity contribution in [3.05, 3.63) is 68.9 Å². The molecule has 2 aromatic heterocycles. The van der Waals surface area contributed by atoms with E-state index in [9.17, 15) is 4.79 Å². The zero-order chi connectivity index (χ0) is 24.1. The Balaban J connectivity index is 1.56. The summed E-state index contributed by atoms with van der Waals surface area (Å²) in [6.07, 6.45) is 4.05. The molecule has 0 unspecified atom stereocenters. The molecule has 1 aliphatic heterocycles. The molecule has 0 N–H and O–H groups in total. The van der Waals surface area contributed by atoms with Crippen molar-refractivity contribution in [1.82, 2.24) is 14.9 Å². The predicted molar refractivity (Wildman–Crippen MR) is 136 cm³/mol. The highest BCUT2D eigenvalue weighted by Crippen LogP contribution is 2.31. The zero-order valence-corrected chi connectivity index (χ0v) is 21.7. The predicted octanol–water partition coefficient (Wildman–Crippen LogP) is 6.78. The van der Waals surface area contributed by atoms with E-state index in [2.05, 4.69) is 25.8 Å². The summed E-state index contributed by atoms with van der Waals surface area (Å²) in [7, 11) is 1.44. The molecule has 1 saturated heterocycles. The first-order valence-corrected chi connectivity index (χ1v) is 12.5. The number of hydrogen-bond acceptors (Lipinski definition) is 6. The number of hydrogen-bond donors (Lipinski definition) is 0. The molecule has 0 saturated carbocycles. The summed E-state index contributed by atoms with van der Waals surface area (Å²) in [5.74, 6) is 1.29. The average molecular weight is 565 g/mol. The number of nitrogens with zero attached hydrogens (tertiary/aromatic N) is 3. The molecule has 0 atom stereocenters. The Labute approximate surface area is 217 Å². The van der Waals surface area contributed by atoms with E-state index in [0.717, 1.165) is 53.9 Å². The largest absolute Gasteiger partial charge is 0.469 e. The van der Waals surface area contributed by atoms with E-state index in [1.165, 1.54) is 7.11 Å². The first-order chi connectivity index (χ1) is 16.4. The lowest BCUT2D eigenvalue weighted by Gasteiger charge is -2.31. The Morgan fingerprint density at radius 1 is 1.12 bits per heavy atom. The fourth-order valence-electron chi connectivity index (χ4n) is 4.02. The van der Waals surface area contributed by atoms with E-state index in [4.69, 9.17) is 37.7 Å². The summed E-state index contributed by atoms with van der Waals surface area (Å²) in [4.78, 5) is 22.9. The van der Waals surface area contributed by atoms with Crippen molar-refractivity contribution in [2.45, 2.75) is 25.8 Å². The van der Waals surface area contributed by atoms with Crippen LogP contribution in [0.4, 0.5) is 0 Å². The van der Waals surface area contributed by atoms with Crippen LogP contribution >= 0.6 is 39.1 Å². The Morgan fingerprint density at radius 2 is 1.85 bits per heavy atom. The fourth-order valence-corrected chi connectivity index (χ4v) is 4.78. The minimum Gasteiger partial charge on any atom is -0.469 e. The van der Waals surface area contributed by atoms with Crippen molar-refractivity contribution in [3.63, 3.8) is 0 Å². The molecule has 0 bridgehead atoms. The van der Waals surface area contributed by atoms with Crippen LogP contribution < -0.4 is 4.74 Å². The number of halogens is 3. The number of esters is 1. The number of likely N-dealkylation sites (tertiary alicyclic amines) is 1. The Hall–Kier alpha value is -2.19. The highest BCUT2D eigenvalue weighted by atomic mass is 79.9. The van der Waals surface area contributed by atoms with Crippen LogP contribution in [-0.4, -0.2) is 41.0 Å². The van der Waals surface area contributed by atoms with Crippen LogP contribution in [0.3, 0.4) is 0 Å². The number of carbonyl (C=O) groups excluding carboxylic acids is 1. The number of aromatic nitrogens is 2.